The van der Waals surface area contributed by atoms with Crippen LogP contribution in [-0.2, 0) is 4.74 Å². The lowest BCUT2D eigenvalue weighted by atomic mass is 9.41. The predicted molar refractivity (Wildman–Crippen MR) is 142 cm³/mol. The second-order valence-electron chi connectivity index (χ2n) is 15.7. The molecule has 5 aliphatic rings. The first kappa shape index (κ1) is 25.6. The minimum absolute atomic E-state index is 0.00478. The Morgan fingerprint density at radius 1 is 0.853 bits per heavy atom. The summed E-state index contributed by atoms with van der Waals surface area (Å²) in [5.41, 5.74) is 2.26. The molecule has 0 bridgehead atoms. The topological polar surface area (TPSA) is 29.5 Å². The Balaban J connectivity index is 1.37. The largest absolute Gasteiger partial charge is 0.393 e. The minimum Gasteiger partial charge on any atom is -0.393 e. The van der Waals surface area contributed by atoms with E-state index in [1.807, 2.05) is 7.11 Å². The van der Waals surface area contributed by atoms with E-state index in [0.717, 1.165) is 30.1 Å². The van der Waals surface area contributed by atoms with Crippen molar-refractivity contribution in [2.45, 2.75) is 138 Å². The molecular weight excluding hydrogens is 416 g/mol. The van der Waals surface area contributed by atoms with E-state index < -0.39 is 0 Å². The van der Waals surface area contributed by atoms with Crippen LogP contribution < -0.4 is 0 Å². The molecule has 1 unspecified atom stereocenters. The quantitative estimate of drug-likeness (QED) is 0.421. The molecule has 0 aromatic carbocycles. The predicted octanol–water partition coefficient (Wildman–Crippen LogP) is 8.26. The maximum Gasteiger partial charge on any atom is 0.0673 e. The number of hydrogen-bond donors (Lipinski definition) is 1. The van der Waals surface area contributed by atoms with Crippen molar-refractivity contribution in [3.8, 4) is 0 Å². The van der Waals surface area contributed by atoms with Crippen LogP contribution in [0.1, 0.15) is 126 Å². The summed E-state index contributed by atoms with van der Waals surface area (Å²) < 4.78 is 6.01. The molecule has 5 aliphatic carbocycles. The van der Waals surface area contributed by atoms with Gasteiger partial charge in [-0.3, -0.25) is 0 Å². The van der Waals surface area contributed by atoms with Crippen LogP contribution in [0.4, 0.5) is 0 Å². The van der Waals surface area contributed by atoms with Gasteiger partial charge in [-0.25, -0.2) is 0 Å². The van der Waals surface area contributed by atoms with Crippen molar-refractivity contribution in [2.24, 2.45) is 56.7 Å². The van der Waals surface area contributed by atoms with Crippen molar-refractivity contribution < 1.29 is 9.84 Å². The average molecular weight is 473 g/mol. The summed E-state index contributed by atoms with van der Waals surface area (Å²) in [4.78, 5) is 0. The number of fused-ring (bicyclic) bond motifs is 2. The molecular formula is C32H56O2. The fourth-order valence-electron chi connectivity index (χ4n) is 11.6. The Kier molecular flexibility index (Phi) is 5.80. The number of hydrogen-bond acceptors (Lipinski definition) is 2. The lowest BCUT2D eigenvalue weighted by Gasteiger charge is -2.63. The van der Waals surface area contributed by atoms with Crippen LogP contribution in [0.15, 0.2) is 0 Å². The normalized spacial score (nSPS) is 51.6. The highest BCUT2D eigenvalue weighted by atomic mass is 16.5. The molecule has 5 fully saturated rings. The van der Waals surface area contributed by atoms with Crippen LogP contribution in [0.2, 0.25) is 0 Å². The summed E-state index contributed by atoms with van der Waals surface area (Å²) in [5.74, 6) is 3.86. The molecule has 196 valence electrons. The molecule has 0 aromatic heterocycles. The summed E-state index contributed by atoms with van der Waals surface area (Å²) in [6.45, 7) is 19.8. The third-order valence-electron chi connectivity index (χ3n) is 14.6. The van der Waals surface area contributed by atoms with Gasteiger partial charge in [-0.2, -0.15) is 0 Å². The Bertz CT molecular complexity index is 803. The van der Waals surface area contributed by atoms with Gasteiger partial charge in [0.2, 0.25) is 0 Å². The second kappa shape index (κ2) is 7.72. The lowest BCUT2D eigenvalue weighted by Crippen LogP contribution is -2.57. The molecule has 10 atom stereocenters. The monoisotopic (exact) mass is 472 g/mol. The molecule has 5 saturated carbocycles. The van der Waals surface area contributed by atoms with Crippen molar-refractivity contribution in [3.05, 3.63) is 0 Å². The molecule has 0 heterocycles. The van der Waals surface area contributed by atoms with Crippen molar-refractivity contribution in [1.82, 2.24) is 0 Å². The van der Waals surface area contributed by atoms with Crippen LogP contribution in [-0.4, -0.2) is 23.9 Å². The van der Waals surface area contributed by atoms with E-state index in [4.69, 9.17) is 4.74 Å². The number of aliphatic hydroxyl groups excluding tert-OH is 1. The molecule has 2 spiro atoms. The maximum absolute atomic E-state index is 10.9. The smallest absolute Gasteiger partial charge is 0.0673 e. The third kappa shape index (κ3) is 3.00. The van der Waals surface area contributed by atoms with Crippen molar-refractivity contribution in [2.75, 3.05) is 7.11 Å². The van der Waals surface area contributed by atoms with Crippen LogP contribution in [0.25, 0.3) is 0 Å². The highest BCUT2D eigenvalue weighted by Crippen LogP contribution is 2.89. The Morgan fingerprint density at radius 3 is 2.15 bits per heavy atom. The summed E-state index contributed by atoms with van der Waals surface area (Å²) in [5, 5.41) is 10.9. The molecule has 0 saturated heterocycles. The lowest BCUT2D eigenvalue weighted by molar-refractivity contribution is -0.162. The van der Waals surface area contributed by atoms with Crippen molar-refractivity contribution in [1.29, 1.82) is 0 Å². The highest BCUT2D eigenvalue weighted by Gasteiger charge is 2.82. The molecule has 0 radical (unpaired) electrons. The van der Waals surface area contributed by atoms with Crippen LogP contribution in [0.5, 0.6) is 0 Å². The van der Waals surface area contributed by atoms with Gasteiger partial charge in [0.05, 0.1) is 11.7 Å². The van der Waals surface area contributed by atoms with E-state index in [9.17, 15) is 5.11 Å². The number of rotatable bonds is 6. The first-order valence-corrected chi connectivity index (χ1v) is 15.0. The summed E-state index contributed by atoms with van der Waals surface area (Å²) in [6, 6.07) is 0. The van der Waals surface area contributed by atoms with Gasteiger partial charge < -0.3 is 9.84 Å². The molecule has 0 aromatic rings. The van der Waals surface area contributed by atoms with Gasteiger partial charge in [-0.05, 0) is 134 Å². The molecule has 5 rings (SSSR count). The standard InChI is InChI=1S/C32H56O2/c1-21(2)30(8,34-9)16-12-22(3)23-13-15-29(7)25-11-10-24-27(4,5)26(33)14-17-31(24)20-32(25,31)19-18-28(23,29)6/h21-26,33H,10-20H2,1-9H3/t22-,23-,24+,25+,26+,28-,29+,30?,31-,32+/m1/s1. The SMILES string of the molecule is COC(C)(CC[C@@H](C)[C@H]1CC[C@@]2(C)[C@@H]3CC[C@H]4C(C)(C)[C@@H](O)CC[C@@]45C[C@@]35CC[C@]12C)C(C)C. The fraction of sp³-hybridized carbons (Fsp3) is 1.00. The molecule has 34 heavy (non-hydrogen) atoms. The summed E-state index contributed by atoms with van der Waals surface area (Å²) >= 11 is 0. The zero-order valence-corrected chi connectivity index (χ0v) is 24.1. The van der Waals surface area contributed by atoms with Gasteiger partial charge in [0.1, 0.15) is 0 Å². The zero-order valence-electron chi connectivity index (χ0n) is 24.1. The second-order valence-corrected chi connectivity index (χ2v) is 15.7. The van der Waals surface area contributed by atoms with Crippen LogP contribution in [0.3, 0.4) is 0 Å². The Hall–Kier alpha value is -0.0800. The maximum atomic E-state index is 10.9. The van der Waals surface area contributed by atoms with Gasteiger partial charge in [0, 0.05) is 7.11 Å². The summed E-state index contributed by atoms with van der Waals surface area (Å²) in [6.07, 6.45) is 14.8. The van der Waals surface area contributed by atoms with E-state index in [1.165, 1.54) is 64.2 Å². The third-order valence-corrected chi connectivity index (χ3v) is 14.6. The molecule has 0 aliphatic heterocycles. The molecule has 2 nitrogen and oxygen atoms in total. The summed E-state index contributed by atoms with van der Waals surface area (Å²) in [7, 11) is 1.91. The number of aliphatic hydroxyl groups is 1. The number of ether oxygens (including phenoxy) is 1. The van der Waals surface area contributed by atoms with Gasteiger partial charge in [-0.15, -0.1) is 0 Å². The van der Waals surface area contributed by atoms with Crippen LogP contribution >= 0.6 is 0 Å². The van der Waals surface area contributed by atoms with Crippen molar-refractivity contribution in [3.63, 3.8) is 0 Å². The van der Waals surface area contributed by atoms with E-state index in [1.54, 1.807) is 0 Å². The first-order chi connectivity index (χ1) is 15.7. The van der Waals surface area contributed by atoms with Crippen molar-refractivity contribution >= 4 is 0 Å². The molecule has 1 N–H and O–H groups in total. The Morgan fingerprint density at radius 2 is 1.50 bits per heavy atom. The van der Waals surface area contributed by atoms with Crippen LogP contribution in [0, 0.1) is 56.7 Å². The fourth-order valence-corrected chi connectivity index (χ4v) is 11.6. The van der Waals surface area contributed by atoms with E-state index in [0.29, 0.717) is 27.6 Å². The number of methoxy groups -OCH3 is 1. The van der Waals surface area contributed by atoms with Gasteiger partial charge in [-0.1, -0.05) is 48.5 Å². The first-order valence-electron chi connectivity index (χ1n) is 15.0. The zero-order chi connectivity index (χ0) is 24.9. The van der Waals surface area contributed by atoms with Gasteiger partial charge in [0.15, 0.2) is 0 Å². The molecule has 0 amide bonds. The average Bonchev–Trinajstić information content (AvgIpc) is 3.37. The highest BCUT2D eigenvalue weighted by molar-refractivity contribution is 5.30. The Labute approximate surface area is 211 Å². The van der Waals surface area contributed by atoms with Gasteiger partial charge >= 0.3 is 0 Å². The van der Waals surface area contributed by atoms with E-state index in [-0.39, 0.29) is 17.1 Å². The van der Waals surface area contributed by atoms with E-state index in [2.05, 4.69) is 55.4 Å². The minimum atomic E-state index is -0.0953. The van der Waals surface area contributed by atoms with Gasteiger partial charge in [0.25, 0.3) is 0 Å². The van der Waals surface area contributed by atoms with E-state index >= 15 is 0 Å². The molecule has 2 heteroatoms.